The second kappa shape index (κ2) is 7.63. The third-order valence-corrected chi connectivity index (χ3v) is 2.72. The lowest BCUT2D eigenvalue weighted by Crippen LogP contribution is -2.31. The van der Waals surface area contributed by atoms with Gasteiger partial charge in [0.05, 0.1) is 19.4 Å². The summed E-state index contributed by atoms with van der Waals surface area (Å²) >= 11 is 0. The molecule has 0 aliphatic rings. The van der Waals surface area contributed by atoms with Crippen molar-refractivity contribution in [3.63, 3.8) is 0 Å². The van der Waals surface area contributed by atoms with Crippen molar-refractivity contribution in [3.05, 3.63) is 28.2 Å². The minimum Gasteiger partial charge on any atom is -0.503 e. The Morgan fingerprint density at radius 3 is 2.35 bits per heavy atom. The van der Waals surface area contributed by atoms with Gasteiger partial charge in [-0.25, -0.2) is 0 Å². The van der Waals surface area contributed by atoms with Crippen LogP contribution in [0.4, 0.5) is 0 Å². The van der Waals surface area contributed by atoms with Gasteiger partial charge in [0.1, 0.15) is 6.54 Å². The summed E-state index contributed by atoms with van der Waals surface area (Å²) in [5, 5.41) is 36.0. The summed E-state index contributed by atoms with van der Waals surface area (Å²) in [4.78, 5) is 23.9. The molecule has 1 heterocycles. The van der Waals surface area contributed by atoms with E-state index >= 15 is 0 Å². The first-order valence-electron chi connectivity index (χ1n) is 6.06. The van der Waals surface area contributed by atoms with E-state index in [-0.39, 0.29) is 32.8 Å². The number of aliphatic hydroxyl groups is 2. The van der Waals surface area contributed by atoms with Crippen molar-refractivity contribution in [2.24, 2.45) is 0 Å². The van der Waals surface area contributed by atoms with Gasteiger partial charge >= 0.3 is 5.97 Å². The smallest absolute Gasteiger partial charge is 0.323 e. The molecule has 0 aliphatic heterocycles. The van der Waals surface area contributed by atoms with E-state index in [4.69, 9.17) is 15.3 Å². The molecule has 0 unspecified atom stereocenters. The molecule has 1 rings (SSSR count). The van der Waals surface area contributed by atoms with Gasteiger partial charge in [0.2, 0.25) is 5.43 Å². The van der Waals surface area contributed by atoms with E-state index in [1.165, 1.54) is 4.57 Å². The summed E-state index contributed by atoms with van der Waals surface area (Å²) in [6.07, 6.45) is 1.07. The number of pyridine rings is 1. The fourth-order valence-corrected chi connectivity index (χ4v) is 1.81. The number of carboxylic acid groups (broad SMARTS) is 1. The SMILES string of the molecule is O=C(O)Cn1cc(O)c(=O)cc1CN(CCO)CCO. The predicted octanol–water partition coefficient (Wildman–Crippen LogP) is -1.57. The first-order valence-corrected chi connectivity index (χ1v) is 6.06. The van der Waals surface area contributed by atoms with Gasteiger partial charge in [-0.1, -0.05) is 0 Å². The number of hydrogen-bond donors (Lipinski definition) is 4. The fourth-order valence-electron chi connectivity index (χ4n) is 1.81. The minimum atomic E-state index is -1.11. The van der Waals surface area contributed by atoms with Crippen LogP contribution in [0.1, 0.15) is 5.69 Å². The highest BCUT2D eigenvalue weighted by Gasteiger charge is 2.12. The van der Waals surface area contributed by atoms with Crippen LogP contribution in [-0.4, -0.2) is 62.2 Å². The first kappa shape index (κ1) is 16.2. The Morgan fingerprint density at radius 1 is 1.25 bits per heavy atom. The third-order valence-electron chi connectivity index (χ3n) is 2.72. The summed E-state index contributed by atoms with van der Waals surface area (Å²) in [6.45, 7) is 0.104. The minimum absolute atomic E-state index is 0.124. The summed E-state index contributed by atoms with van der Waals surface area (Å²) in [5.74, 6) is -1.63. The molecule has 0 aliphatic carbocycles. The van der Waals surface area contributed by atoms with E-state index in [1.54, 1.807) is 4.90 Å². The average molecular weight is 286 g/mol. The van der Waals surface area contributed by atoms with Gasteiger partial charge in [-0.2, -0.15) is 0 Å². The van der Waals surface area contributed by atoms with Crippen molar-refractivity contribution >= 4 is 5.97 Å². The zero-order valence-corrected chi connectivity index (χ0v) is 10.9. The van der Waals surface area contributed by atoms with Crippen molar-refractivity contribution in [1.82, 2.24) is 9.47 Å². The molecule has 1 aromatic rings. The van der Waals surface area contributed by atoms with Crippen molar-refractivity contribution in [2.45, 2.75) is 13.1 Å². The fraction of sp³-hybridized carbons (Fsp3) is 0.500. The van der Waals surface area contributed by atoms with Crippen molar-refractivity contribution in [2.75, 3.05) is 26.3 Å². The molecule has 0 amide bonds. The summed E-state index contributed by atoms with van der Waals surface area (Å²) < 4.78 is 1.25. The molecular weight excluding hydrogens is 268 g/mol. The molecule has 0 spiro atoms. The Balaban J connectivity index is 3.04. The number of rotatable bonds is 8. The van der Waals surface area contributed by atoms with Crippen molar-refractivity contribution in [3.8, 4) is 5.75 Å². The third kappa shape index (κ3) is 4.65. The van der Waals surface area contributed by atoms with Gasteiger partial charge in [-0.15, -0.1) is 0 Å². The van der Waals surface area contributed by atoms with Crippen LogP contribution < -0.4 is 5.43 Å². The van der Waals surface area contributed by atoms with Crippen LogP contribution in [0.15, 0.2) is 17.1 Å². The molecule has 0 saturated carbocycles. The van der Waals surface area contributed by atoms with Gasteiger partial charge in [0, 0.05) is 31.4 Å². The number of aliphatic hydroxyl groups excluding tert-OH is 2. The Kier molecular flexibility index (Phi) is 6.16. The Labute approximate surface area is 115 Å². The maximum atomic E-state index is 11.4. The molecule has 1 aromatic heterocycles. The van der Waals surface area contributed by atoms with E-state index in [1.807, 2.05) is 0 Å². The number of carbonyl (C=O) groups is 1. The molecule has 20 heavy (non-hydrogen) atoms. The van der Waals surface area contributed by atoms with E-state index in [0.717, 1.165) is 12.3 Å². The number of carboxylic acids is 1. The van der Waals surface area contributed by atoms with Gasteiger partial charge in [-0.05, 0) is 0 Å². The summed E-state index contributed by atoms with van der Waals surface area (Å²) in [6, 6.07) is 1.15. The van der Waals surface area contributed by atoms with Gasteiger partial charge in [0.15, 0.2) is 5.75 Å². The topological polar surface area (TPSA) is 123 Å². The number of aliphatic carboxylic acids is 1. The number of nitrogens with zero attached hydrogens (tertiary/aromatic N) is 2. The van der Waals surface area contributed by atoms with Crippen LogP contribution in [0.3, 0.4) is 0 Å². The molecule has 8 heteroatoms. The van der Waals surface area contributed by atoms with E-state index < -0.39 is 23.7 Å². The zero-order chi connectivity index (χ0) is 15.1. The predicted molar refractivity (Wildman–Crippen MR) is 69.5 cm³/mol. The Morgan fingerprint density at radius 2 is 1.85 bits per heavy atom. The number of aromatic hydroxyl groups is 1. The zero-order valence-electron chi connectivity index (χ0n) is 10.9. The van der Waals surface area contributed by atoms with Crippen molar-refractivity contribution in [1.29, 1.82) is 0 Å². The van der Waals surface area contributed by atoms with E-state index in [2.05, 4.69) is 0 Å². The molecule has 8 nitrogen and oxygen atoms in total. The maximum absolute atomic E-state index is 11.4. The standard InChI is InChI=1S/C12H18N2O6/c15-3-1-13(2-4-16)6-9-5-10(17)11(18)7-14(9)8-12(19)20/h5,7,15-16,18H,1-4,6,8H2,(H,19,20). The molecule has 0 bridgehead atoms. The normalized spacial score (nSPS) is 10.9. The Bertz CT molecular complexity index is 507. The van der Waals surface area contributed by atoms with Gasteiger partial charge in [0.25, 0.3) is 0 Å². The average Bonchev–Trinajstić information content (AvgIpc) is 2.35. The van der Waals surface area contributed by atoms with E-state index in [9.17, 15) is 14.7 Å². The number of hydrogen-bond acceptors (Lipinski definition) is 6. The van der Waals surface area contributed by atoms with Crippen LogP contribution in [0, 0.1) is 0 Å². The molecular formula is C12H18N2O6. The summed E-state index contributed by atoms with van der Waals surface area (Å²) in [5.41, 5.74) is -0.216. The molecule has 0 saturated heterocycles. The molecule has 0 atom stereocenters. The summed E-state index contributed by atoms with van der Waals surface area (Å²) in [7, 11) is 0. The van der Waals surface area contributed by atoms with E-state index in [0.29, 0.717) is 5.69 Å². The highest BCUT2D eigenvalue weighted by molar-refractivity contribution is 5.66. The molecule has 112 valence electrons. The van der Waals surface area contributed by atoms with Crippen LogP contribution in [0.5, 0.6) is 5.75 Å². The lowest BCUT2D eigenvalue weighted by Gasteiger charge is -2.22. The quantitative estimate of drug-likeness (QED) is 0.455. The van der Waals surface area contributed by atoms with Gasteiger partial charge in [-0.3, -0.25) is 14.5 Å². The maximum Gasteiger partial charge on any atom is 0.323 e. The largest absolute Gasteiger partial charge is 0.503 e. The molecule has 0 fully saturated rings. The lowest BCUT2D eigenvalue weighted by atomic mass is 10.3. The molecule has 0 aromatic carbocycles. The Hall–Kier alpha value is -1.90. The molecule has 0 radical (unpaired) electrons. The second-order valence-electron chi connectivity index (χ2n) is 4.26. The number of aromatic nitrogens is 1. The molecule has 4 N–H and O–H groups in total. The van der Waals surface area contributed by atoms with Crippen LogP contribution in [0.25, 0.3) is 0 Å². The second-order valence-corrected chi connectivity index (χ2v) is 4.26. The van der Waals surface area contributed by atoms with Crippen LogP contribution in [-0.2, 0) is 17.9 Å². The van der Waals surface area contributed by atoms with Crippen LogP contribution >= 0.6 is 0 Å². The highest BCUT2D eigenvalue weighted by atomic mass is 16.4. The van der Waals surface area contributed by atoms with Gasteiger partial charge < -0.3 is 25.0 Å². The lowest BCUT2D eigenvalue weighted by molar-refractivity contribution is -0.137. The van der Waals surface area contributed by atoms with Crippen LogP contribution in [0.2, 0.25) is 0 Å². The highest BCUT2D eigenvalue weighted by Crippen LogP contribution is 2.08. The monoisotopic (exact) mass is 286 g/mol. The van der Waals surface area contributed by atoms with Crippen molar-refractivity contribution < 1.29 is 25.2 Å². The first-order chi connectivity index (χ1) is 9.47.